The molecule has 1 aliphatic rings. The third-order valence-corrected chi connectivity index (χ3v) is 3.47. The number of methoxy groups -OCH3 is 1. The van der Waals surface area contributed by atoms with Crippen molar-refractivity contribution in [1.29, 1.82) is 0 Å². The van der Waals surface area contributed by atoms with Gasteiger partial charge in [-0.25, -0.2) is 0 Å². The number of benzene rings is 1. The SMILES string of the molecule is COc1ccc(C(CC(C)=O)N2CCOCC2)cc1. The minimum Gasteiger partial charge on any atom is -0.497 e. The molecule has 0 amide bonds. The van der Waals surface area contributed by atoms with Gasteiger partial charge in [0.2, 0.25) is 0 Å². The van der Waals surface area contributed by atoms with Crippen LogP contribution in [0.4, 0.5) is 0 Å². The largest absolute Gasteiger partial charge is 0.497 e. The van der Waals surface area contributed by atoms with E-state index >= 15 is 0 Å². The van der Waals surface area contributed by atoms with Gasteiger partial charge in [-0.3, -0.25) is 9.69 Å². The van der Waals surface area contributed by atoms with E-state index in [1.54, 1.807) is 14.0 Å². The summed E-state index contributed by atoms with van der Waals surface area (Å²) in [5.74, 6) is 1.06. The molecule has 1 aliphatic heterocycles. The van der Waals surface area contributed by atoms with Crippen LogP contribution in [0.1, 0.15) is 24.9 Å². The van der Waals surface area contributed by atoms with Crippen LogP contribution in [0.15, 0.2) is 24.3 Å². The first-order valence-corrected chi connectivity index (χ1v) is 6.66. The standard InChI is InChI=1S/C15H21NO3/c1-12(17)11-15(16-7-9-19-10-8-16)13-3-5-14(18-2)6-4-13/h3-6,15H,7-11H2,1-2H3. The fraction of sp³-hybridized carbons (Fsp3) is 0.533. The number of nitrogens with zero attached hydrogens (tertiary/aromatic N) is 1. The third kappa shape index (κ3) is 3.78. The van der Waals surface area contributed by atoms with E-state index in [0.717, 1.165) is 37.6 Å². The molecule has 0 spiro atoms. The second-order valence-electron chi connectivity index (χ2n) is 4.84. The summed E-state index contributed by atoms with van der Waals surface area (Å²) >= 11 is 0. The summed E-state index contributed by atoms with van der Waals surface area (Å²) in [6, 6.07) is 8.13. The van der Waals surface area contributed by atoms with Crippen LogP contribution in [-0.4, -0.2) is 44.1 Å². The number of rotatable bonds is 5. The van der Waals surface area contributed by atoms with Crippen LogP contribution in [0.25, 0.3) is 0 Å². The van der Waals surface area contributed by atoms with Crippen molar-refractivity contribution in [2.45, 2.75) is 19.4 Å². The molecule has 1 heterocycles. The summed E-state index contributed by atoms with van der Waals surface area (Å²) in [5, 5.41) is 0. The van der Waals surface area contributed by atoms with Gasteiger partial charge < -0.3 is 9.47 Å². The van der Waals surface area contributed by atoms with Crippen LogP contribution in [0.2, 0.25) is 0 Å². The molecule has 0 saturated carbocycles. The number of Topliss-reactive ketones (excluding diaryl/α,β-unsaturated/α-hetero) is 1. The van der Waals surface area contributed by atoms with E-state index in [2.05, 4.69) is 4.90 Å². The van der Waals surface area contributed by atoms with Crippen molar-refractivity contribution in [2.24, 2.45) is 0 Å². The summed E-state index contributed by atoms with van der Waals surface area (Å²) in [4.78, 5) is 13.8. The molecule has 1 aromatic carbocycles. The Labute approximate surface area is 114 Å². The Morgan fingerprint density at radius 1 is 1.32 bits per heavy atom. The highest BCUT2D eigenvalue weighted by Gasteiger charge is 2.23. The zero-order valence-electron chi connectivity index (χ0n) is 11.6. The molecule has 0 bridgehead atoms. The molecule has 104 valence electrons. The number of hydrogen-bond donors (Lipinski definition) is 0. The molecule has 0 N–H and O–H groups in total. The van der Waals surface area contributed by atoms with Crippen LogP contribution >= 0.6 is 0 Å². The minimum atomic E-state index is 0.146. The van der Waals surface area contributed by atoms with Crippen molar-refractivity contribution in [2.75, 3.05) is 33.4 Å². The van der Waals surface area contributed by atoms with E-state index in [9.17, 15) is 4.79 Å². The molecule has 19 heavy (non-hydrogen) atoms. The number of ether oxygens (including phenoxy) is 2. The minimum absolute atomic E-state index is 0.146. The van der Waals surface area contributed by atoms with Crippen molar-refractivity contribution in [3.05, 3.63) is 29.8 Å². The Bertz CT molecular complexity index is 410. The van der Waals surface area contributed by atoms with Gasteiger partial charge in [0, 0.05) is 25.6 Å². The molecular formula is C15H21NO3. The fourth-order valence-electron chi connectivity index (χ4n) is 2.45. The summed E-state index contributed by atoms with van der Waals surface area (Å²) in [6.07, 6.45) is 0.548. The number of morpholine rings is 1. The summed E-state index contributed by atoms with van der Waals surface area (Å²) in [7, 11) is 1.66. The summed E-state index contributed by atoms with van der Waals surface area (Å²) < 4.78 is 10.6. The maximum atomic E-state index is 11.5. The predicted molar refractivity (Wildman–Crippen MR) is 73.4 cm³/mol. The molecule has 2 rings (SSSR count). The van der Waals surface area contributed by atoms with Gasteiger partial charge in [-0.15, -0.1) is 0 Å². The lowest BCUT2D eigenvalue weighted by atomic mass is 9.99. The average molecular weight is 263 g/mol. The maximum absolute atomic E-state index is 11.5. The molecule has 1 aromatic rings. The number of ketones is 1. The second kappa shape index (κ2) is 6.68. The van der Waals surface area contributed by atoms with Crippen molar-refractivity contribution in [3.63, 3.8) is 0 Å². The second-order valence-corrected chi connectivity index (χ2v) is 4.84. The van der Waals surface area contributed by atoms with Gasteiger partial charge in [0.25, 0.3) is 0 Å². The molecule has 1 fully saturated rings. The molecule has 0 radical (unpaired) electrons. The van der Waals surface area contributed by atoms with E-state index in [1.807, 2.05) is 24.3 Å². The van der Waals surface area contributed by atoms with Crippen LogP contribution in [0, 0.1) is 0 Å². The van der Waals surface area contributed by atoms with Gasteiger partial charge in [-0.1, -0.05) is 12.1 Å². The number of carbonyl (C=O) groups is 1. The molecule has 0 aliphatic carbocycles. The van der Waals surface area contributed by atoms with E-state index in [-0.39, 0.29) is 11.8 Å². The summed E-state index contributed by atoms with van der Waals surface area (Å²) in [5.41, 5.74) is 1.16. The zero-order chi connectivity index (χ0) is 13.7. The zero-order valence-corrected chi connectivity index (χ0v) is 11.6. The Balaban J connectivity index is 2.17. The van der Waals surface area contributed by atoms with E-state index in [4.69, 9.17) is 9.47 Å². The van der Waals surface area contributed by atoms with Gasteiger partial charge >= 0.3 is 0 Å². The smallest absolute Gasteiger partial charge is 0.131 e. The van der Waals surface area contributed by atoms with E-state index < -0.39 is 0 Å². The van der Waals surface area contributed by atoms with Crippen LogP contribution in [0.3, 0.4) is 0 Å². The Hall–Kier alpha value is -1.39. The lowest BCUT2D eigenvalue weighted by Crippen LogP contribution is -2.39. The molecule has 1 saturated heterocycles. The molecule has 4 nitrogen and oxygen atoms in total. The molecular weight excluding hydrogens is 242 g/mol. The topological polar surface area (TPSA) is 38.8 Å². The predicted octanol–water partition coefficient (Wildman–Crippen LogP) is 2.05. The first kappa shape index (κ1) is 14.0. The lowest BCUT2D eigenvalue weighted by Gasteiger charge is -2.34. The Kier molecular flexibility index (Phi) is 4.93. The molecule has 4 heteroatoms. The molecule has 1 atom stereocenters. The monoisotopic (exact) mass is 263 g/mol. The maximum Gasteiger partial charge on any atom is 0.131 e. The molecule has 1 unspecified atom stereocenters. The van der Waals surface area contributed by atoms with Crippen molar-refractivity contribution in [3.8, 4) is 5.75 Å². The Morgan fingerprint density at radius 2 is 1.95 bits per heavy atom. The Morgan fingerprint density at radius 3 is 2.47 bits per heavy atom. The number of hydrogen-bond acceptors (Lipinski definition) is 4. The quantitative estimate of drug-likeness (QED) is 0.815. The van der Waals surface area contributed by atoms with Crippen LogP contribution in [-0.2, 0) is 9.53 Å². The average Bonchev–Trinajstić information content (AvgIpc) is 2.46. The highest BCUT2D eigenvalue weighted by Crippen LogP contribution is 2.27. The highest BCUT2D eigenvalue weighted by molar-refractivity contribution is 5.76. The van der Waals surface area contributed by atoms with Gasteiger partial charge in [0.1, 0.15) is 11.5 Å². The van der Waals surface area contributed by atoms with E-state index in [0.29, 0.717) is 6.42 Å². The van der Waals surface area contributed by atoms with Gasteiger partial charge in [-0.05, 0) is 24.6 Å². The molecule has 0 aromatic heterocycles. The normalized spacial score (nSPS) is 18.0. The highest BCUT2D eigenvalue weighted by atomic mass is 16.5. The summed E-state index contributed by atoms with van der Waals surface area (Å²) in [6.45, 7) is 4.89. The fourth-order valence-corrected chi connectivity index (χ4v) is 2.45. The lowest BCUT2D eigenvalue weighted by molar-refractivity contribution is -0.118. The third-order valence-electron chi connectivity index (χ3n) is 3.47. The van der Waals surface area contributed by atoms with Crippen molar-refractivity contribution in [1.82, 2.24) is 4.90 Å². The van der Waals surface area contributed by atoms with Gasteiger partial charge in [0.05, 0.1) is 20.3 Å². The van der Waals surface area contributed by atoms with Crippen LogP contribution in [0.5, 0.6) is 5.75 Å². The van der Waals surface area contributed by atoms with E-state index in [1.165, 1.54) is 0 Å². The number of carbonyl (C=O) groups excluding carboxylic acids is 1. The van der Waals surface area contributed by atoms with Crippen molar-refractivity contribution >= 4 is 5.78 Å². The first-order chi connectivity index (χ1) is 9.20. The van der Waals surface area contributed by atoms with Crippen molar-refractivity contribution < 1.29 is 14.3 Å². The van der Waals surface area contributed by atoms with Gasteiger partial charge in [-0.2, -0.15) is 0 Å². The van der Waals surface area contributed by atoms with Crippen LogP contribution < -0.4 is 4.74 Å². The first-order valence-electron chi connectivity index (χ1n) is 6.66. The van der Waals surface area contributed by atoms with Gasteiger partial charge in [0.15, 0.2) is 0 Å².